The summed E-state index contributed by atoms with van der Waals surface area (Å²) in [6, 6.07) is 5.80. The number of aromatic nitrogens is 2. The molecule has 1 aromatic heterocycles. The fourth-order valence-corrected chi connectivity index (χ4v) is 2.09. The predicted octanol–water partition coefficient (Wildman–Crippen LogP) is 2.97. The lowest BCUT2D eigenvalue weighted by molar-refractivity contribution is 0.100. The maximum absolute atomic E-state index is 11.4. The molecule has 0 unspecified atom stereocenters. The van der Waals surface area contributed by atoms with Crippen LogP contribution >= 0.6 is 0 Å². The Morgan fingerprint density at radius 3 is 2.63 bits per heavy atom. The van der Waals surface area contributed by atoms with Crippen LogP contribution < -0.4 is 4.74 Å². The Hall–Kier alpha value is -2.23. The van der Waals surface area contributed by atoms with Crippen LogP contribution in [0, 0.1) is 13.8 Å². The van der Waals surface area contributed by atoms with Crippen molar-refractivity contribution in [2.75, 3.05) is 7.11 Å². The van der Waals surface area contributed by atoms with E-state index in [0.717, 1.165) is 22.4 Å². The van der Waals surface area contributed by atoms with E-state index in [4.69, 9.17) is 4.74 Å². The molecule has 0 saturated heterocycles. The van der Waals surface area contributed by atoms with Gasteiger partial charge in [-0.1, -0.05) is 6.07 Å². The Kier molecular flexibility index (Phi) is 3.60. The average molecular weight is 256 g/mol. The number of aryl methyl sites for hydroxylation is 2. The number of rotatable bonds is 3. The number of carbonyl (C=O) groups excluding carboxylic acids is 1. The third kappa shape index (κ3) is 2.62. The highest BCUT2D eigenvalue weighted by Gasteiger charge is 2.13. The van der Waals surface area contributed by atoms with Crippen LogP contribution in [0.3, 0.4) is 0 Å². The Morgan fingerprint density at radius 2 is 2.00 bits per heavy atom. The highest BCUT2D eigenvalue weighted by molar-refractivity contribution is 5.90. The zero-order valence-corrected chi connectivity index (χ0v) is 11.5. The lowest BCUT2D eigenvalue weighted by Crippen LogP contribution is -2.03. The van der Waals surface area contributed by atoms with Gasteiger partial charge in [-0.25, -0.2) is 9.97 Å². The molecule has 1 heterocycles. The summed E-state index contributed by atoms with van der Waals surface area (Å²) < 4.78 is 5.42. The molecule has 0 N–H and O–H groups in total. The molecule has 0 fully saturated rings. The number of Topliss-reactive ketones (excluding diaryl/α,β-unsaturated/α-hetero) is 1. The number of ether oxygens (including phenoxy) is 1. The summed E-state index contributed by atoms with van der Waals surface area (Å²) in [6.07, 6.45) is 1.60. The second-order valence-electron chi connectivity index (χ2n) is 4.48. The van der Waals surface area contributed by atoms with Gasteiger partial charge < -0.3 is 4.74 Å². The summed E-state index contributed by atoms with van der Waals surface area (Å²) >= 11 is 0. The fraction of sp³-hybridized carbons (Fsp3) is 0.267. The Labute approximate surface area is 112 Å². The van der Waals surface area contributed by atoms with Crippen LogP contribution in [0.15, 0.2) is 24.4 Å². The van der Waals surface area contributed by atoms with Gasteiger partial charge in [0.25, 0.3) is 0 Å². The summed E-state index contributed by atoms with van der Waals surface area (Å²) in [4.78, 5) is 19.6. The molecular formula is C15H16N2O2. The van der Waals surface area contributed by atoms with Crippen molar-refractivity contribution in [3.05, 3.63) is 41.3 Å². The molecule has 98 valence electrons. The van der Waals surface area contributed by atoms with E-state index in [0.29, 0.717) is 5.69 Å². The first-order chi connectivity index (χ1) is 9.02. The smallest absolute Gasteiger partial charge is 0.196 e. The largest absolute Gasteiger partial charge is 0.496 e. The zero-order valence-electron chi connectivity index (χ0n) is 11.5. The third-order valence-electron chi connectivity index (χ3n) is 2.89. The molecule has 2 rings (SSSR count). The monoisotopic (exact) mass is 256 g/mol. The number of hydrogen-bond donors (Lipinski definition) is 0. The molecule has 0 aliphatic carbocycles. The van der Waals surface area contributed by atoms with Gasteiger partial charge in [-0.15, -0.1) is 0 Å². The normalized spacial score (nSPS) is 10.3. The first kappa shape index (κ1) is 13.2. The van der Waals surface area contributed by atoms with Crippen molar-refractivity contribution in [1.82, 2.24) is 9.97 Å². The van der Waals surface area contributed by atoms with Crippen LogP contribution in [-0.4, -0.2) is 22.9 Å². The van der Waals surface area contributed by atoms with E-state index >= 15 is 0 Å². The maximum atomic E-state index is 11.4. The Balaban J connectivity index is 2.64. The molecule has 0 spiro atoms. The molecule has 0 saturated carbocycles. The van der Waals surface area contributed by atoms with Gasteiger partial charge in [-0.2, -0.15) is 0 Å². The van der Waals surface area contributed by atoms with Gasteiger partial charge in [0.15, 0.2) is 11.6 Å². The lowest BCUT2D eigenvalue weighted by atomic mass is 10.0. The van der Waals surface area contributed by atoms with E-state index in [-0.39, 0.29) is 11.6 Å². The second-order valence-corrected chi connectivity index (χ2v) is 4.48. The number of nitrogens with zero attached hydrogens (tertiary/aromatic N) is 2. The van der Waals surface area contributed by atoms with Crippen LogP contribution in [0.25, 0.3) is 11.3 Å². The Morgan fingerprint density at radius 1 is 1.26 bits per heavy atom. The molecule has 0 amide bonds. The van der Waals surface area contributed by atoms with Crippen molar-refractivity contribution in [2.45, 2.75) is 20.8 Å². The SMILES string of the molecule is COc1cc(C)cc(C)c1-c1ccnc(C(C)=O)n1. The molecule has 0 atom stereocenters. The standard InChI is InChI=1S/C15H16N2O2/c1-9-7-10(2)14(13(8-9)19-4)12-5-6-16-15(17-12)11(3)18/h5-8H,1-4H3. The van der Waals surface area contributed by atoms with E-state index in [1.54, 1.807) is 19.4 Å². The highest BCUT2D eigenvalue weighted by Crippen LogP contribution is 2.32. The van der Waals surface area contributed by atoms with E-state index < -0.39 is 0 Å². The van der Waals surface area contributed by atoms with Gasteiger partial charge >= 0.3 is 0 Å². The molecule has 4 heteroatoms. The lowest BCUT2D eigenvalue weighted by Gasteiger charge is -2.12. The summed E-state index contributed by atoms with van der Waals surface area (Å²) in [5.41, 5.74) is 3.79. The van der Waals surface area contributed by atoms with Crippen LogP contribution in [0.5, 0.6) is 5.75 Å². The molecule has 2 aromatic rings. The molecule has 4 nitrogen and oxygen atoms in total. The first-order valence-electron chi connectivity index (χ1n) is 6.02. The van der Waals surface area contributed by atoms with E-state index in [2.05, 4.69) is 16.0 Å². The van der Waals surface area contributed by atoms with Gasteiger partial charge in [-0.3, -0.25) is 4.79 Å². The minimum Gasteiger partial charge on any atom is -0.496 e. The highest BCUT2D eigenvalue weighted by atomic mass is 16.5. The maximum Gasteiger partial charge on any atom is 0.196 e. The molecule has 0 radical (unpaired) electrons. The molecule has 1 aromatic carbocycles. The number of hydrogen-bond acceptors (Lipinski definition) is 4. The van der Waals surface area contributed by atoms with Crippen molar-refractivity contribution in [3.63, 3.8) is 0 Å². The minimum absolute atomic E-state index is 0.148. The predicted molar refractivity (Wildman–Crippen MR) is 73.5 cm³/mol. The van der Waals surface area contributed by atoms with Gasteiger partial charge in [0.2, 0.25) is 0 Å². The van der Waals surface area contributed by atoms with Crippen LogP contribution in [0.1, 0.15) is 28.7 Å². The summed E-state index contributed by atoms with van der Waals surface area (Å²) in [6.45, 7) is 5.47. The van der Waals surface area contributed by atoms with Crippen molar-refractivity contribution >= 4 is 5.78 Å². The fourth-order valence-electron chi connectivity index (χ4n) is 2.09. The summed E-state index contributed by atoms with van der Waals surface area (Å²) in [5, 5.41) is 0. The molecular weight excluding hydrogens is 240 g/mol. The second kappa shape index (κ2) is 5.18. The number of benzene rings is 1. The van der Waals surface area contributed by atoms with Crippen LogP contribution in [0.2, 0.25) is 0 Å². The molecule has 19 heavy (non-hydrogen) atoms. The van der Waals surface area contributed by atoms with Crippen molar-refractivity contribution < 1.29 is 9.53 Å². The van der Waals surface area contributed by atoms with E-state index in [1.807, 2.05) is 19.9 Å². The van der Waals surface area contributed by atoms with Gasteiger partial charge in [-0.05, 0) is 37.1 Å². The summed E-state index contributed by atoms with van der Waals surface area (Å²) in [5.74, 6) is 0.829. The number of ketones is 1. The van der Waals surface area contributed by atoms with Crippen molar-refractivity contribution in [2.24, 2.45) is 0 Å². The van der Waals surface area contributed by atoms with E-state index in [9.17, 15) is 4.79 Å². The quantitative estimate of drug-likeness (QED) is 0.792. The van der Waals surface area contributed by atoms with Crippen LogP contribution in [-0.2, 0) is 0 Å². The van der Waals surface area contributed by atoms with E-state index in [1.165, 1.54) is 6.92 Å². The summed E-state index contributed by atoms with van der Waals surface area (Å²) in [7, 11) is 1.63. The number of carbonyl (C=O) groups is 1. The molecule has 0 aliphatic heterocycles. The van der Waals surface area contributed by atoms with Crippen molar-refractivity contribution in [3.8, 4) is 17.0 Å². The third-order valence-corrected chi connectivity index (χ3v) is 2.89. The minimum atomic E-state index is -0.148. The molecule has 0 aliphatic rings. The topological polar surface area (TPSA) is 52.1 Å². The van der Waals surface area contributed by atoms with Gasteiger partial charge in [0.1, 0.15) is 5.75 Å². The molecule has 0 bridgehead atoms. The average Bonchev–Trinajstić information content (AvgIpc) is 2.37. The Bertz CT molecular complexity index is 636. The van der Waals surface area contributed by atoms with Gasteiger partial charge in [0.05, 0.1) is 12.8 Å². The van der Waals surface area contributed by atoms with Gasteiger partial charge in [0, 0.05) is 18.7 Å². The van der Waals surface area contributed by atoms with Crippen LogP contribution in [0.4, 0.5) is 0 Å². The number of methoxy groups -OCH3 is 1. The zero-order chi connectivity index (χ0) is 14.0. The van der Waals surface area contributed by atoms with Crippen molar-refractivity contribution in [1.29, 1.82) is 0 Å². The first-order valence-corrected chi connectivity index (χ1v) is 6.02.